The summed E-state index contributed by atoms with van der Waals surface area (Å²) < 4.78 is 27.4. The average Bonchev–Trinajstić information content (AvgIpc) is 2.75. The van der Waals surface area contributed by atoms with Crippen molar-refractivity contribution in [1.29, 1.82) is 0 Å². The van der Waals surface area contributed by atoms with Gasteiger partial charge in [0.1, 0.15) is 0 Å². The van der Waals surface area contributed by atoms with Gasteiger partial charge in [-0.1, -0.05) is 25.1 Å². The number of anilines is 1. The SMILES string of the molecule is CCN1CCC(NC(=O)c2ccc(S(=O)(=O)N(CC)c3ccccc3)cc2)CC1. The van der Waals surface area contributed by atoms with Gasteiger partial charge in [-0.25, -0.2) is 8.42 Å². The third-order valence-corrected chi connectivity index (χ3v) is 7.32. The maximum atomic E-state index is 13.0. The molecule has 0 unspecified atom stereocenters. The van der Waals surface area contributed by atoms with Crippen molar-refractivity contribution in [2.75, 3.05) is 30.5 Å². The van der Waals surface area contributed by atoms with Crippen LogP contribution in [0.15, 0.2) is 59.5 Å². The molecule has 3 rings (SSSR count). The fourth-order valence-corrected chi connectivity index (χ4v) is 5.13. The van der Waals surface area contributed by atoms with Crippen molar-refractivity contribution in [1.82, 2.24) is 10.2 Å². The minimum absolute atomic E-state index is 0.153. The van der Waals surface area contributed by atoms with Gasteiger partial charge in [0, 0.05) is 31.2 Å². The first-order valence-electron chi connectivity index (χ1n) is 10.2. The molecule has 6 nitrogen and oxygen atoms in total. The highest BCUT2D eigenvalue weighted by molar-refractivity contribution is 7.92. The zero-order chi connectivity index (χ0) is 20.9. The van der Waals surface area contributed by atoms with Crippen LogP contribution in [0, 0.1) is 0 Å². The van der Waals surface area contributed by atoms with Crippen molar-refractivity contribution in [3.63, 3.8) is 0 Å². The van der Waals surface area contributed by atoms with Crippen molar-refractivity contribution in [3.05, 3.63) is 60.2 Å². The Morgan fingerprint density at radius 3 is 2.21 bits per heavy atom. The molecule has 0 atom stereocenters. The summed E-state index contributed by atoms with van der Waals surface area (Å²) in [6, 6.07) is 15.4. The van der Waals surface area contributed by atoms with Gasteiger partial charge in [-0.2, -0.15) is 0 Å². The first-order valence-corrected chi connectivity index (χ1v) is 11.6. The number of rotatable bonds is 7. The third-order valence-electron chi connectivity index (χ3n) is 5.41. The molecule has 1 heterocycles. The van der Waals surface area contributed by atoms with E-state index in [0.29, 0.717) is 17.8 Å². The number of sulfonamides is 1. The summed E-state index contributed by atoms with van der Waals surface area (Å²) in [6.07, 6.45) is 1.88. The maximum Gasteiger partial charge on any atom is 0.264 e. The molecular weight excluding hydrogens is 386 g/mol. The van der Waals surface area contributed by atoms with E-state index < -0.39 is 10.0 Å². The number of nitrogens with zero attached hydrogens (tertiary/aromatic N) is 2. The van der Waals surface area contributed by atoms with Crippen molar-refractivity contribution < 1.29 is 13.2 Å². The molecule has 29 heavy (non-hydrogen) atoms. The Bertz CT molecular complexity index is 906. The van der Waals surface area contributed by atoms with E-state index in [1.165, 1.54) is 16.4 Å². The van der Waals surface area contributed by atoms with E-state index in [1.54, 1.807) is 31.2 Å². The minimum Gasteiger partial charge on any atom is -0.349 e. The molecule has 2 aromatic rings. The fraction of sp³-hybridized carbons (Fsp3) is 0.409. The predicted octanol–water partition coefficient (Wildman–Crippen LogP) is 3.12. The van der Waals surface area contributed by atoms with Gasteiger partial charge in [0.2, 0.25) is 0 Å². The number of likely N-dealkylation sites (tertiary alicyclic amines) is 1. The molecule has 7 heteroatoms. The number of hydrogen-bond donors (Lipinski definition) is 1. The second kappa shape index (κ2) is 9.41. The second-order valence-electron chi connectivity index (χ2n) is 7.21. The normalized spacial score (nSPS) is 15.8. The molecule has 1 amide bonds. The van der Waals surface area contributed by atoms with E-state index >= 15 is 0 Å². The van der Waals surface area contributed by atoms with Gasteiger partial charge in [0.15, 0.2) is 0 Å². The largest absolute Gasteiger partial charge is 0.349 e. The van der Waals surface area contributed by atoms with E-state index in [1.807, 2.05) is 18.2 Å². The van der Waals surface area contributed by atoms with E-state index in [-0.39, 0.29) is 16.8 Å². The number of para-hydroxylation sites is 1. The van der Waals surface area contributed by atoms with Gasteiger partial charge in [-0.3, -0.25) is 9.10 Å². The minimum atomic E-state index is -3.69. The lowest BCUT2D eigenvalue weighted by atomic mass is 10.0. The summed E-state index contributed by atoms with van der Waals surface area (Å²) in [5.74, 6) is -0.153. The Balaban J connectivity index is 1.69. The average molecular weight is 416 g/mol. The molecule has 0 aliphatic carbocycles. The van der Waals surface area contributed by atoms with Crippen LogP contribution in [0.5, 0.6) is 0 Å². The number of hydrogen-bond acceptors (Lipinski definition) is 4. The third kappa shape index (κ3) is 4.97. The zero-order valence-electron chi connectivity index (χ0n) is 17.0. The topological polar surface area (TPSA) is 69.7 Å². The van der Waals surface area contributed by atoms with Crippen LogP contribution in [0.4, 0.5) is 5.69 Å². The standard InChI is InChI=1S/C22H29N3O3S/c1-3-24-16-14-19(15-17-24)23-22(26)18-10-12-21(13-11-18)29(27,28)25(4-2)20-8-6-5-7-9-20/h5-13,19H,3-4,14-17H2,1-2H3,(H,23,26). The van der Waals surface area contributed by atoms with Crippen LogP contribution < -0.4 is 9.62 Å². The number of carbonyl (C=O) groups excluding carboxylic acids is 1. The Hall–Kier alpha value is -2.38. The molecule has 1 fully saturated rings. The summed E-state index contributed by atoms with van der Waals surface area (Å²) in [6.45, 7) is 7.29. The summed E-state index contributed by atoms with van der Waals surface area (Å²) in [4.78, 5) is 15.1. The zero-order valence-corrected chi connectivity index (χ0v) is 17.9. The highest BCUT2D eigenvalue weighted by Crippen LogP contribution is 2.23. The molecule has 0 spiro atoms. The molecule has 1 saturated heterocycles. The predicted molar refractivity (Wildman–Crippen MR) is 116 cm³/mol. The lowest BCUT2D eigenvalue weighted by Crippen LogP contribution is -2.44. The van der Waals surface area contributed by atoms with Crippen LogP contribution in [0.25, 0.3) is 0 Å². The molecular formula is C22H29N3O3S. The van der Waals surface area contributed by atoms with Crippen molar-refractivity contribution >= 4 is 21.6 Å². The molecule has 1 aliphatic heterocycles. The lowest BCUT2D eigenvalue weighted by molar-refractivity contribution is 0.0912. The number of benzene rings is 2. The van der Waals surface area contributed by atoms with E-state index in [9.17, 15) is 13.2 Å². The smallest absolute Gasteiger partial charge is 0.264 e. The second-order valence-corrected chi connectivity index (χ2v) is 9.07. The maximum absolute atomic E-state index is 13.0. The van der Waals surface area contributed by atoms with Gasteiger partial charge >= 0.3 is 0 Å². The van der Waals surface area contributed by atoms with Crippen LogP contribution in [0.3, 0.4) is 0 Å². The highest BCUT2D eigenvalue weighted by atomic mass is 32.2. The molecule has 2 aromatic carbocycles. The summed E-state index contributed by atoms with van der Waals surface area (Å²) in [7, 11) is -3.69. The lowest BCUT2D eigenvalue weighted by Gasteiger charge is -2.31. The molecule has 0 bridgehead atoms. The Kier molecular flexibility index (Phi) is 6.92. The Morgan fingerprint density at radius 2 is 1.66 bits per heavy atom. The summed E-state index contributed by atoms with van der Waals surface area (Å²) in [5, 5.41) is 3.07. The van der Waals surface area contributed by atoms with Crippen LogP contribution >= 0.6 is 0 Å². The molecule has 1 aliphatic rings. The van der Waals surface area contributed by atoms with Gasteiger partial charge in [0.25, 0.3) is 15.9 Å². The van der Waals surface area contributed by atoms with Crippen LogP contribution in [-0.4, -0.2) is 51.4 Å². The van der Waals surface area contributed by atoms with Crippen LogP contribution in [0.2, 0.25) is 0 Å². The first-order chi connectivity index (χ1) is 14.0. The number of nitrogens with one attached hydrogen (secondary N) is 1. The van der Waals surface area contributed by atoms with E-state index in [4.69, 9.17) is 0 Å². The highest BCUT2D eigenvalue weighted by Gasteiger charge is 2.24. The Morgan fingerprint density at radius 1 is 1.03 bits per heavy atom. The number of carbonyl (C=O) groups is 1. The van der Waals surface area contributed by atoms with Crippen molar-refractivity contribution in [3.8, 4) is 0 Å². The van der Waals surface area contributed by atoms with Gasteiger partial charge in [-0.05, 0) is 62.7 Å². The number of piperidine rings is 1. The monoisotopic (exact) mass is 415 g/mol. The quantitative estimate of drug-likeness (QED) is 0.754. The summed E-state index contributed by atoms with van der Waals surface area (Å²) in [5.41, 5.74) is 1.10. The number of amides is 1. The molecule has 156 valence electrons. The van der Waals surface area contributed by atoms with Gasteiger partial charge in [-0.15, -0.1) is 0 Å². The molecule has 0 aromatic heterocycles. The fourth-order valence-electron chi connectivity index (χ4n) is 3.65. The Labute approximate surface area is 173 Å². The first kappa shape index (κ1) is 21.3. The molecule has 0 saturated carbocycles. The summed E-state index contributed by atoms with van der Waals surface area (Å²) >= 11 is 0. The van der Waals surface area contributed by atoms with Crippen LogP contribution in [-0.2, 0) is 10.0 Å². The van der Waals surface area contributed by atoms with E-state index in [2.05, 4.69) is 17.1 Å². The molecule has 0 radical (unpaired) electrons. The van der Waals surface area contributed by atoms with E-state index in [0.717, 1.165) is 32.5 Å². The van der Waals surface area contributed by atoms with Gasteiger partial charge < -0.3 is 10.2 Å². The van der Waals surface area contributed by atoms with Gasteiger partial charge in [0.05, 0.1) is 10.6 Å². The molecule has 1 N–H and O–H groups in total. The van der Waals surface area contributed by atoms with Crippen molar-refractivity contribution in [2.24, 2.45) is 0 Å². The van der Waals surface area contributed by atoms with Crippen molar-refractivity contribution in [2.45, 2.75) is 37.6 Å². The van der Waals surface area contributed by atoms with Crippen LogP contribution in [0.1, 0.15) is 37.0 Å².